The van der Waals surface area contributed by atoms with Gasteiger partial charge < -0.3 is 10.3 Å². The molecular weight excluding hydrogens is 267 g/mol. The van der Waals surface area contributed by atoms with Crippen molar-refractivity contribution in [1.29, 1.82) is 0 Å². The summed E-state index contributed by atoms with van der Waals surface area (Å²) < 4.78 is 19.5. The number of aryl methyl sites for hydroxylation is 2. The molecule has 0 aliphatic heterocycles. The van der Waals surface area contributed by atoms with Gasteiger partial charge in [0.25, 0.3) is 0 Å². The number of rotatable bonds is 2. The number of hydrogen-bond acceptors (Lipinski definition) is 3. The van der Waals surface area contributed by atoms with Crippen LogP contribution in [0.15, 0.2) is 47.0 Å². The number of halogens is 1. The molecule has 0 saturated heterocycles. The van der Waals surface area contributed by atoms with Crippen molar-refractivity contribution in [2.45, 2.75) is 13.8 Å². The van der Waals surface area contributed by atoms with Gasteiger partial charge in [-0.1, -0.05) is 41.1 Å². The second kappa shape index (κ2) is 5.05. The summed E-state index contributed by atoms with van der Waals surface area (Å²) in [7, 11) is 0. The van der Waals surface area contributed by atoms with Crippen LogP contribution in [0.1, 0.15) is 11.1 Å². The van der Waals surface area contributed by atoms with Crippen molar-refractivity contribution in [3.63, 3.8) is 0 Å². The van der Waals surface area contributed by atoms with E-state index in [0.29, 0.717) is 16.9 Å². The van der Waals surface area contributed by atoms with E-state index in [1.807, 2.05) is 32.0 Å². The minimum absolute atomic E-state index is 0.191. The lowest BCUT2D eigenvalue weighted by atomic mass is 9.97. The molecule has 0 unspecified atom stereocenters. The second-order valence-corrected chi connectivity index (χ2v) is 5.07. The van der Waals surface area contributed by atoms with Crippen molar-refractivity contribution in [3.8, 4) is 22.5 Å². The Bertz CT molecular complexity index is 808. The first-order valence-electron chi connectivity index (χ1n) is 6.65. The fraction of sp³-hybridized carbons (Fsp3) is 0.118. The summed E-state index contributed by atoms with van der Waals surface area (Å²) in [5, 5.41) is 3.82. The van der Waals surface area contributed by atoms with Gasteiger partial charge in [-0.2, -0.15) is 0 Å². The molecule has 0 aliphatic rings. The normalized spacial score (nSPS) is 10.8. The van der Waals surface area contributed by atoms with Crippen molar-refractivity contribution >= 4 is 5.82 Å². The number of nitrogen functional groups attached to an aromatic ring is 1. The molecule has 3 rings (SSSR count). The molecule has 4 heteroatoms. The molecule has 0 atom stereocenters. The van der Waals surface area contributed by atoms with Crippen molar-refractivity contribution in [2.24, 2.45) is 0 Å². The summed E-state index contributed by atoms with van der Waals surface area (Å²) in [5.74, 6) is 0.341. The predicted octanol–water partition coefficient (Wildman–Crippen LogP) is 4.35. The number of anilines is 1. The van der Waals surface area contributed by atoms with Crippen LogP contribution in [0.4, 0.5) is 10.2 Å². The van der Waals surface area contributed by atoms with Crippen LogP contribution in [0.25, 0.3) is 22.5 Å². The molecule has 2 aromatic carbocycles. The zero-order chi connectivity index (χ0) is 15.0. The zero-order valence-corrected chi connectivity index (χ0v) is 11.9. The molecule has 0 spiro atoms. The molecule has 0 radical (unpaired) electrons. The monoisotopic (exact) mass is 282 g/mol. The lowest BCUT2D eigenvalue weighted by Gasteiger charge is -2.07. The van der Waals surface area contributed by atoms with Crippen LogP contribution in [-0.4, -0.2) is 5.16 Å². The SMILES string of the molecule is Cc1ccc(C)c(-c2onc(N)c2-c2ccccc2F)c1. The van der Waals surface area contributed by atoms with E-state index < -0.39 is 0 Å². The highest BCUT2D eigenvalue weighted by molar-refractivity contribution is 5.87. The van der Waals surface area contributed by atoms with Gasteiger partial charge in [-0.15, -0.1) is 0 Å². The van der Waals surface area contributed by atoms with Gasteiger partial charge in [0.05, 0.1) is 5.56 Å². The standard InChI is InChI=1S/C17H15FN2O/c1-10-7-8-11(2)13(9-10)16-15(17(19)20-21-16)12-5-3-4-6-14(12)18/h3-9H,1-2H3,(H2,19,20). The highest BCUT2D eigenvalue weighted by Gasteiger charge is 2.21. The average Bonchev–Trinajstić information content (AvgIpc) is 2.84. The maximum atomic E-state index is 14.1. The Labute approximate surface area is 122 Å². The van der Waals surface area contributed by atoms with Gasteiger partial charge in [-0.05, 0) is 31.5 Å². The van der Waals surface area contributed by atoms with Gasteiger partial charge >= 0.3 is 0 Å². The molecule has 3 nitrogen and oxygen atoms in total. The van der Waals surface area contributed by atoms with Crippen LogP contribution in [0.3, 0.4) is 0 Å². The van der Waals surface area contributed by atoms with Gasteiger partial charge in [0.15, 0.2) is 11.6 Å². The van der Waals surface area contributed by atoms with E-state index in [9.17, 15) is 4.39 Å². The minimum Gasteiger partial charge on any atom is -0.380 e. The first-order chi connectivity index (χ1) is 10.1. The number of benzene rings is 2. The molecular formula is C17H15FN2O. The van der Waals surface area contributed by atoms with Crippen LogP contribution in [0, 0.1) is 19.7 Å². The smallest absolute Gasteiger partial charge is 0.177 e. The highest BCUT2D eigenvalue weighted by Crippen LogP contribution is 2.39. The van der Waals surface area contributed by atoms with Gasteiger partial charge in [-0.25, -0.2) is 4.39 Å². The molecule has 0 bridgehead atoms. The third-order valence-electron chi connectivity index (χ3n) is 3.50. The molecule has 21 heavy (non-hydrogen) atoms. The maximum Gasteiger partial charge on any atom is 0.177 e. The lowest BCUT2D eigenvalue weighted by Crippen LogP contribution is -1.92. The second-order valence-electron chi connectivity index (χ2n) is 5.07. The van der Waals surface area contributed by atoms with Crippen LogP contribution in [-0.2, 0) is 0 Å². The van der Waals surface area contributed by atoms with E-state index in [-0.39, 0.29) is 11.6 Å². The predicted molar refractivity (Wildman–Crippen MR) is 81.2 cm³/mol. The molecule has 0 saturated carbocycles. The van der Waals surface area contributed by atoms with E-state index in [2.05, 4.69) is 5.16 Å². The minimum atomic E-state index is -0.348. The molecule has 0 amide bonds. The Morgan fingerprint density at radius 2 is 1.81 bits per heavy atom. The van der Waals surface area contributed by atoms with Crippen molar-refractivity contribution in [2.75, 3.05) is 5.73 Å². The summed E-state index contributed by atoms with van der Waals surface area (Å²) in [6, 6.07) is 12.5. The third-order valence-corrected chi connectivity index (χ3v) is 3.50. The topological polar surface area (TPSA) is 52.0 Å². The van der Waals surface area contributed by atoms with Gasteiger partial charge in [0.2, 0.25) is 0 Å². The van der Waals surface area contributed by atoms with E-state index in [1.54, 1.807) is 18.2 Å². The van der Waals surface area contributed by atoms with Crippen molar-refractivity contribution in [3.05, 3.63) is 59.4 Å². The summed E-state index contributed by atoms with van der Waals surface area (Å²) >= 11 is 0. The largest absolute Gasteiger partial charge is 0.380 e. The van der Waals surface area contributed by atoms with Gasteiger partial charge in [0, 0.05) is 11.1 Å². The number of hydrogen-bond donors (Lipinski definition) is 1. The first-order valence-corrected chi connectivity index (χ1v) is 6.65. The summed E-state index contributed by atoms with van der Waals surface area (Å²) in [6.07, 6.45) is 0. The molecule has 3 aromatic rings. The van der Waals surface area contributed by atoms with Crippen LogP contribution in [0.5, 0.6) is 0 Å². The lowest BCUT2D eigenvalue weighted by molar-refractivity contribution is 0.436. The summed E-state index contributed by atoms with van der Waals surface area (Å²) in [5.41, 5.74) is 9.78. The fourth-order valence-electron chi connectivity index (χ4n) is 2.39. The van der Waals surface area contributed by atoms with Crippen LogP contribution >= 0.6 is 0 Å². The van der Waals surface area contributed by atoms with Crippen LogP contribution in [0.2, 0.25) is 0 Å². The molecule has 1 aromatic heterocycles. The molecule has 2 N–H and O–H groups in total. The van der Waals surface area contributed by atoms with Crippen molar-refractivity contribution in [1.82, 2.24) is 5.16 Å². The molecule has 106 valence electrons. The Hall–Kier alpha value is -2.62. The highest BCUT2D eigenvalue weighted by atomic mass is 19.1. The summed E-state index contributed by atoms with van der Waals surface area (Å²) in [4.78, 5) is 0. The quantitative estimate of drug-likeness (QED) is 0.760. The van der Waals surface area contributed by atoms with E-state index in [1.165, 1.54) is 6.07 Å². The maximum absolute atomic E-state index is 14.1. The average molecular weight is 282 g/mol. The van der Waals surface area contributed by atoms with Gasteiger partial charge in [0.1, 0.15) is 5.82 Å². The van der Waals surface area contributed by atoms with E-state index in [0.717, 1.165) is 16.7 Å². The fourth-order valence-corrected chi connectivity index (χ4v) is 2.39. The Morgan fingerprint density at radius 1 is 1.05 bits per heavy atom. The molecule has 1 heterocycles. The molecule has 0 aliphatic carbocycles. The number of aromatic nitrogens is 1. The van der Waals surface area contributed by atoms with E-state index in [4.69, 9.17) is 10.3 Å². The first kappa shape index (κ1) is 13.4. The molecule has 0 fully saturated rings. The van der Waals surface area contributed by atoms with Crippen molar-refractivity contribution < 1.29 is 8.91 Å². The van der Waals surface area contributed by atoms with Gasteiger partial charge in [-0.3, -0.25) is 0 Å². The number of nitrogens with two attached hydrogens (primary N) is 1. The Kier molecular flexibility index (Phi) is 3.22. The summed E-state index contributed by atoms with van der Waals surface area (Å²) in [6.45, 7) is 3.96. The Balaban J connectivity index is 2.27. The Morgan fingerprint density at radius 3 is 2.57 bits per heavy atom. The number of nitrogens with zero attached hydrogens (tertiary/aromatic N) is 1. The van der Waals surface area contributed by atoms with E-state index >= 15 is 0 Å². The third kappa shape index (κ3) is 2.29. The van der Waals surface area contributed by atoms with Crippen LogP contribution < -0.4 is 5.73 Å². The zero-order valence-electron chi connectivity index (χ0n) is 11.9.